The van der Waals surface area contributed by atoms with E-state index in [1.165, 1.54) is 58.0 Å². The number of piperidine rings is 1. The first-order valence-electron chi connectivity index (χ1n) is 12.4. The molecule has 1 aliphatic rings. The number of aromatic amines is 1. The second-order valence-corrected chi connectivity index (χ2v) is 9.21. The lowest BCUT2D eigenvalue weighted by molar-refractivity contribution is 0.0601. The van der Waals surface area contributed by atoms with Crippen LogP contribution in [0.1, 0.15) is 59.5 Å². The summed E-state index contributed by atoms with van der Waals surface area (Å²) in [5.74, 6) is 0.485. The van der Waals surface area contributed by atoms with Gasteiger partial charge in [-0.05, 0) is 69.4 Å². The fourth-order valence-electron chi connectivity index (χ4n) is 5.02. The fourth-order valence-corrected chi connectivity index (χ4v) is 5.02. The third kappa shape index (κ3) is 4.97. The van der Waals surface area contributed by atoms with Crippen LogP contribution in [0.4, 0.5) is 0 Å². The summed E-state index contributed by atoms with van der Waals surface area (Å²) in [5, 5.41) is 2.13. The van der Waals surface area contributed by atoms with E-state index in [1.54, 1.807) is 0 Å². The summed E-state index contributed by atoms with van der Waals surface area (Å²) in [6, 6.07) is 16.0. The molecule has 1 aliphatic heterocycles. The molecule has 6 nitrogen and oxygen atoms in total. The number of likely N-dealkylation sites (tertiary alicyclic amines) is 1. The van der Waals surface area contributed by atoms with Crippen molar-refractivity contribution in [1.29, 1.82) is 0 Å². The minimum atomic E-state index is -0.339. The molecular weight excluding hydrogens is 424 g/mol. The predicted molar refractivity (Wildman–Crippen MR) is 135 cm³/mol. The minimum absolute atomic E-state index is 0.339. The maximum atomic E-state index is 12.0. The van der Waals surface area contributed by atoms with Crippen LogP contribution in [0.3, 0.4) is 0 Å². The van der Waals surface area contributed by atoms with E-state index >= 15 is 0 Å². The van der Waals surface area contributed by atoms with Gasteiger partial charge in [-0.3, -0.25) is 0 Å². The van der Waals surface area contributed by atoms with Crippen molar-refractivity contribution in [3.8, 4) is 0 Å². The molecule has 3 heterocycles. The number of H-pyrrole nitrogens is 1. The van der Waals surface area contributed by atoms with E-state index in [2.05, 4.69) is 22.0 Å². The normalized spacial score (nSPS) is 14.6. The smallest absolute Gasteiger partial charge is 0.337 e. The van der Waals surface area contributed by atoms with Gasteiger partial charge in [0.2, 0.25) is 0 Å². The van der Waals surface area contributed by atoms with E-state index in [0.29, 0.717) is 12.0 Å². The third-order valence-electron chi connectivity index (χ3n) is 6.79. The Morgan fingerprint density at radius 1 is 1.03 bits per heavy atom. The van der Waals surface area contributed by atoms with Gasteiger partial charge < -0.3 is 14.6 Å². The zero-order chi connectivity index (χ0) is 23.3. The summed E-state index contributed by atoms with van der Waals surface area (Å²) >= 11 is 0. The summed E-state index contributed by atoms with van der Waals surface area (Å²) in [7, 11) is 1.40. The highest BCUT2D eigenvalue weighted by Gasteiger charge is 2.16. The van der Waals surface area contributed by atoms with Crippen molar-refractivity contribution in [3.63, 3.8) is 0 Å². The van der Waals surface area contributed by atoms with E-state index in [1.807, 2.05) is 36.4 Å². The van der Waals surface area contributed by atoms with Crippen LogP contribution in [0, 0.1) is 0 Å². The van der Waals surface area contributed by atoms with Crippen LogP contribution in [0.25, 0.3) is 21.9 Å². The van der Waals surface area contributed by atoms with Crippen molar-refractivity contribution in [2.24, 2.45) is 0 Å². The van der Waals surface area contributed by atoms with Crippen LogP contribution in [-0.4, -0.2) is 52.6 Å². The number of nitrogens with zero attached hydrogens (tertiary/aromatic N) is 3. The number of aryl methyl sites for hydroxylation is 1. The topological polar surface area (TPSA) is 71.1 Å². The van der Waals surface area contributed by atoms with Crippen molar-refractivity contribution >= 4 is 27.9 Å². The number of unbranched alkanes of at least 4 members (excludes halogenated alkanes) is 1. The highest BCUT2D eigenvalue weighted by molar-refractivity contribution is 6.08. The van der Waals surface area contributed by atoms with Gasteiger partial charge in [-0.2, -0.15) is 0 Å². The van der Waals surface area contributed by atoms with Crippen LogP contribution in [0.2, 0.25) is 0 Å². The highest BCUT2D eigenvalue weighted by Crippen LogP contribution is 2.29. The Morgan fingerprint density at radius 3 is 2.65 bits per heavy atom. The Hall–Kier alpha value is -3.25. The number of aromatic nitrogens is 3. The first-order valence-corrected chi connectivity index (χ1v) is 12.4. The average molecular weight is 457 g/mol. The van der Waals surface area contributed by atoms with E-state index in [4.69, 9.17) is 14.7 Å². The number of carbonyl (C=O) groups excluding carboxylic acids is 1. The number of hydrogen-bond donors (Lipinski definition) is 1. The molecule has 1 fully saturated rings. The van der Waals surface area contributed by atoms with E-state index < -0.39 is 0 Å². The number of benzene rings is 2. The molecule has 176 valence electrons. The van der Waals surface area contributed by atoms with Gasteiger partial charge in [0, 0.05) is 22.7 Å². The molecule has 0 saturated carbocycles. The molecule has 5 rings (SSSR count). The number of ether oxygens (including phenoxy) is 1. The van der Waals surface area contributed by atoms with Gasteiger partial charge in [-0.1, -0.05) is 42.8 Å². The SMILES string of the molecule is COC(=O)c1ccc2c(c1)[nH]c1nc(Cc3ccccc3)nc(CCCCN3CCCCC3)c12. The summed E-state index contributed by atoms with van der Waals surface area (Å²) < 4.78 is 4.90. The molecule has 1 N–H and O–H groups in total. The van der Waals surface area contributed by atoms with Crippen molar-refractivity contribution < 1.29 is 9.53 Å². The van der Waals surface area contributed by atoms with Gasteiger partial charge in [0.1, 0.15) is 11.5 Å². The Balaban J connectivity index is 1.45. The van der Waals surface area contributed by atoms with Crippen LogP contribution >= 0.6 is 0 Å². The monoisotopic (exact) mass is 456 g/mol. The summed E-state index contributed by atoms with van der Waals surface area (Å²) in [6.45, 7) is 3.65. The molecule has 0 amide bonds. The Bertz CT molecular complexity index is 1280. The third-order valence-corrected chi connectivity index (χ3v) is 6.79. The van der Waals surface area contributed by atoms with Gasteiger partial charge in [-0.15, -0.1) is 0 Å². The molecular formula is C28H32N4O2. The quantitative estimate of drug-likeness (QED) is 0.288. The van der Waals surface area contributed by atoms with Gasteiger partial charge in [-0.25, -0.2) is 14.8 Å². The standard InChI is InChI=1S/C28H32N4O2/c1-34-28(33)21-13-14-22-24(19-21)30-27-26(22)23(12-6-9-17-32-15-7-3-8-16-32)29-25(31-27)18-20-10-4-2-5-11-20/h2,4-5,10-11,13-14,19H,3,6-9,12,15-18H2,1H3,(H,29,30,31). The van der Waals surface area contributed by atoms with E-state index in [-0.39, 0.29) is 5.97 Å². The lowest BCUT2D eigenvalue weighted by Gasteiger charge is -2.26. The highest BCUT2D eigenvalue weighted by atomic mass is 16.5. The van der Waals surface area contributed by atoms with Gasteiger partial charge >= 0.3 is 5.97 Å². The van der Waals surface area contributed by atoms with Crippen LogP contribution in [0.15, 0.2) is 48.5 Å². The molecule has 4 aromatic rings. The van der Waals surface area contributed by atoms with Crippen LogP contribution < -0.4 is 0 Å². The summed E-state index contributed by atoms with van der Waals surface area (Å²) in [4.78, 5) is 28.0. The Morgan fingerprint density at radius 2 is 1.85 bits per heavy atom. The Kier molecular flexibility index (Phi) is 6.86. The molecule has 2 aromatic carbocycles. The number of fused-ring (bicyclic) bond motifs is 3. The first-order chi connectivity index (χ1) is 16.7. The number of carbonyl (C=O) groups is 1. The first kappa shape index (κ1) is 22.5. The van der Waals surface area contributed by atoms with Crippen LogP contribution in [-0.2, 0) is 17.6 Å². The Labute approximate surface area is 200 Å². The number of nitrogens with one attached hydrogen (secondary N) is 1. The second-order valence-electron chi connectivity index (χ2n) is 9.21. The van der Waals surface area contributed by atoms with Crippen molar-refractivity contribution in [1.82, 2.24) is 19.9 Å². The molecule has 6 heteroatoms. The molecule has 0 bridgehead atoms. The van der Waals surface area contributed by atoms with Crippen molar-refractivity contribution in [3.05, 3.63) is 71.2 Å². The maximum Gasteiger partial charge on any atom is 0.337 e. The van der Waals surface area contributed by atoms with Crippen molar-refractivity contribution in [2.75, 3.05) is 26.7 Å². The molecule has 34 heavy (non-hydrogen) atoms. The number of esters is 1. The predicted octanol–water partition coefficient (Wildman–Crippen LogP) is 5.30. The maximum absolute atomic E-state index is 12.0. The molecule has 1 saturated heterocycles. The molecule has 0 radical (unpaired) electrons. The van der Waals surface area contributed by atoms with Gasteiger partial charge in [0.15, 0.2) is 0 Å². The molecule has 0 spiro atoms. The lowest BCUT2D eigenvalue weighted by atomic mass is 10.1. The zero-order valence-electron chi connectivity index (χ0n) is 19.8. The average Bonchev–Trinajstić information content (AvgIpc) is 3.25. The van der Waals surface area contributed by atoms with E-state index in [9.17, 15) is 4.79 Å². The van der Waals surface area contributed by atoms with Gasteiger partial charge in [0.05, 0.1) is 18.4 Å². The van der Waals surface area contributed by atoms with Crippen LogP contribution in [0.5, 0.6) is 0 Å². The van der Waals surface area contributed by atoms with E-state index in [0.717, 1.165) is 46.3 Å². The molecule has 0 unspecified atom stereocenters. The molecule has 0 atom stereocenters. The summed E-state index contributed by atoms with van der Waals surface area (Å²) in [5.41, 5.74) is 4.54. The molecule has 0 aliphatic carbocycles. The largest absolute Gasteiger partial charge is 0.465 e. The van der Waals surface area contributed by atoms with Crippen molar-refractivity contribution in [2.45, 2.75) is 44.9 Å². The second kappa shape index (κ2) is 10.3. The molecule has 2 aromatic heterocycles. The zero-order valence-corrected chi connectivity index (χ0v) is 19.8. The van der Waals surface area contributed by atoms with Gasteiger partial charge in [0.25, 0.3) is 0 Å². The lowest BCUT2D eigenvalue weighted by Crippen LogP contribution is -2.30. The number of methoxy groups -OCH3 is 1. The summed E-state index contributed by atoms with van der Waals surface area (Å²) in [6.07, 6.45) is 7.92. The minimum Gasteiger partial charge on any atom is -0.465 e. The number of rotatable bonds is 8. The number of hydrogen-bond acceptors (Lipinski definition) is 5. The fraction of sp³-hybridized carbons (Fsp3) is 0.393.